The van der Waals surface area contributed by atoms with Gasteiger partial charge < -0.3 is 10.1 Å². The van der Waals surface area contributed by atoms with Gasteiger partial charge in [0.05, 0.1) is 4.70 Å². The Morgan fingerprint density at radius 2 is 1.93 bits per heavy atom. The van der Waals surface area contributed by atoms with Crippen LogP contribution in [-0.4, -0.2) is 15.1 Å². The second kappa shape index (κ2) is 3.10. The molecule has 3 aromatic rings. The van der Waals surface area contributed by atoms with Gasteiger partial charge in [0, 0.05) is 11.8 Å². The Morgan fingerprint density at radius 3 is 2.67 bits per heavy atom. The Morgan fingerprint density at radius 1 is 1.13 bits per heavy atom. The van der Waals surface area contributed by atoms with Crippen molar-refractivity contribution in [3.8, 4) is 16.3 Å². The first-order chi connectivity index (χ1) is 7.33. The minimum Gasteiger partial charge on any atom is -0.508 e. The Hall–Kier alpha value is -1.81. The number of aromatic amines is 1. The Balaban J connectivity index is 2.13. The SMILES string of the molecule is Oc1ccc(-c2nc3[nH]ccc3s2)cc1. The molecule has 3 nitrogen and oxygen atoms in total. The highest BCUT2D eigenvalue weighted by atomic mass is 32.1. The molecule has 0 saturated heterocycles. The fraction of sp³-hybridized carbons (Fsp3) is 0. The smallest absolute Gasteiger partial charge is 0.149 e. The third kappa shape index (κ3) is 1.39. The molecule has 0 aliphatic heterocycles. The number of nitrogens with one attached hydrogen (secondary N) is 1. The van der Waals surface area contributed by atoms with Crippen LogP contribution in [0.5, 0.6) is 5.75 Å². The summed E-state index contributed by atoms with van der Waals surface area (Å²) in [6, 6.07) is 9.09. The van der Waals surface area contributed by atoms with E-state index in [2.05, 4.69) is 9.97 Å². The monoisotopic (exact) mass is 216 g/mol. The third-order valence-corrected chi connectivity index (χ3v) is 3.29. The minimum atomic E-state index is 0.279. The van der Waals surface area contributed by atoms with Crippen molar-refractivity contribution < 1.29 is 5.11 Å². The van der Waals surface area contributed by atoms with E-state index >= 15 is 0 Å². The number of phenols is 1. The van der Waals surface area contributed by atoms with Crippen LogP contribution in [0.25, 0.3) is 20.9 Å². The number of phenolic OH excluding ortho intramolecular Hbond substituents is 1. The number of thiazole rings is 1. The average Bonchev–Trinajstić information content (AvgIpc) is 2.78. The second-order valence-electron chi connectivity index (χ2n) is 3.26. The molecular weight excluding hydrogens is 208 g/mol. The van der Waals surface area contributed by atoms with E-state index in [-0.39, 0.29) is 5.75 Å². The lowest BCUT2D eigenvalue weighted by atomic mass is 10.2. The molecule has 0 unspecified atom stereocenters. The lowest BCUT2D eigenvalue weighted by Gasteiger charge is -1.95. The van der Waals surface area contributed by atoms with Gasteiger partial charge in [-0.05, 0) is 30.3 Å². The number of hydrogen-bond acceptors (Lipinski definition) is 3. The summed E-state index contributed by atoms with van der Waals surface area (Å²) < 4.78 is 1.15. The normalized spacial score (nSPS) is 10.9. The van der Waals surface area contributed by atoms with Gasteiger partial charge in [0.25, 0.3) is 0 Å². The van der Waals surface area contributed by atoms with Crippen molar-refractivity contribution >= 4 is 21.7 Å². The van der Waals surface area contributed by atoms with E-state index in [9.17, 15) is 5.11 Å². The molecule has 0 saturated carbocycles. The summed E-state index contributed by atoms with van der Waals surface area (Å²) in [5, 5.41) is 10.1. The second-order valence-corrected chi connectivity index (χ2v) is 4.29. The summed E-state index contributed by atoms with van der Waals surface area (Å²) in [6.45, 7) is 0. The summed E-state index contributed by atoms with van der Waals surface area (Å²) in [5.41, 5.74) is 1.95. The van der Waals surface area contributed by atoms with Gasteiger partial charge in [0.1, 0.15) is 16.4 Å². The molecule has 74 valence electrons. The maximum absolute atomic E-state index is 9.18. The molecule has 0 radical (unpaired) electrons. The number of H-pyrrole nitrogens is 1. The van der Waals surface area contributed by atoms with Crippen molar-refractivity contribution in [3.05, 3.63) is 36.5 Å². The summed E-state index contributed by atoms with van der Waals surface area (Å²) >= 11 is 1.64. The first kappa shape index (κ1) is 8.49. The minimum absolute atomic E-state index is 0.279. The van der Waals surface area contributed by atoms with Crippen LogP contribution in [0.15, 0.2) is 36.5 Å². The van der Waals surface area contributed by atoms with E-state index in [4.69, 9.17) is 0 Å². The molecule has 0 bridgehead atoms. The molecule has 0 spiro atoms. The van der Waals surface area contributed by atoms with Crippen molar-refractivity contribution in [1.82, 2.24) is 9.97 Å². The lowest BCUT2D eigenvalue weighted by Crippen LogP contribution is -1.75. The van der Waals surface area contributed by atoms with Crippen molar-refractivity contribution in [2.45, 2.75) is 0 Å². The number of fused-ring (bicyclic) bond motifs is 1. The van der Waals surface area contributed by atoms with Crippen molar-refractivity contribution in [2.24, 2.45) is 0 Å². The number of aromatic nitrogens is 2. The standard InChI is InChI=1S/C11H8N2OS/c14-8-3-1-7(2-4-8)11-13-10-9(15-11)5-6-12-10/h1-6,12,14H. The highest BCUT2D eigenvalue weighted by Crippen LogP contribution is 2.30. The Labute approximate surface area is 90.0 Å². The van der Waals surface area contributed by atoms with Gasteiger partial charge in [0.2, 0.25) is 0 Å². The number of benzene rings is 1. The fourth-order valence-electron chi connectivity index (χ4n) is 1.47. The van der Waals surface area contributed by atoms with E-state index in [1.165, 1.54) is 0 Å². The van der Waals surface area contributed by atoms with Crippen molar-refractivity contribution in [3.63, 3.8) is 0 Å². The first-order valence-electron chi connectivity index (χ1n) is 4.56. The van der Waals surface area contributed by atoms with Crippen LogP contribution in [0, 0.1) is 0 Å². The molecule has 2 N–H and O–H groups in total. The molecular formula is C11H8N2OS. The van der Waals surface area contributed by atoms with Crippen molar-refractivity contribution in [2.75, 3.05) is 0 Å². The number of rotatable bonds is 1. The van der Waals surface area contributed by atoms with Crippen molar-refractivity contribution in [1.29, 1.82) is 0 Å². The molecule has 0 fully saturated rings. The van der Waals surface area contributed by atoms with Gasteiger partial charge >= 0.3 is 0 Å². The molecule has 2 heterocycles. The van der Waals surface area contributed by atoms with Crippen LogP contribution in [0.3, 0.4) is 0 Å². The van der Waals surface area contributed by atoms with E-state index in [1.54, 1.807) is 23.5 Å². The molecule has 15 heavy (non-hydrogen) atoms. The van der Waals surface area contributed by atoms with Crippen LogP contribution >= 0.6 is 11.3 Å². The molecule has 0 amide bonds. The topological polar surface area (TPSA) is 48.9 Å². The van der Waals surface area contributed by atoms with E-state index in [0.29, 0.717) is 0 Å². The van der Waals surface area contributed by atoms with Gasteiger partial charge in [0.15, 0.2) is 0 Å². The van der Waals surface area contributed by atoms with Crippen LogP contribution in [-0.2, 0) is 0 Å². The first-order valence-corrected chi connectivity index (χ1v) is 5.38. The lowest BCUT2D eigenvalue weighted by molar-refractivity contribution is 0.475. The van der Waals surface area contributed by atoms with E-state index in [1.807, 2.05) is 24.4 Å². The maximum Gasteiger partial charge on any atom is 0.149 e. The third-order valence-electron chi connectivity index (χ3n) is 2.22. The zero-order valence-electron chi connectivity index (χ0n) is 7.77. The van der Waals surface area contributed by atoms with Gasteiger partial charge in [-0.25, -0.2) is 4.98 Å². The maximum atomic E-state index is 9.18. The number of aromatic hydroxyl groups is 1. The average molecular weight is 216 g/mol. The van der Waals surface area contributed by atoms with Crippen LogP contribution < -0.4 is 0 Å². The number of nitrogens with zero attached hydrogens (tertiary/aromatic N) is 1. The van der Waals surface area contributed by atoms with Gasteiger partial charge in [-0.1, -0.05) is 0 Å². The largest absolute Gasteiger partial charge is 0.508 e. The highest BCUT2D eigenvalue weighted by Gasteiger charge is 2.06. The molecule has 3 rings (SSSR count). The number of hydrogen-bond donors (Lipinski definition) is 2. The summed E-state index contributed by atoms with van der Waals surface area (Å²) in [6.07, 6.45) is 1.88. The van der Waals surface area contributed by atoms with Gasteiger partial charge in [-0.3, -0.25) is 0 Å². The molecule has 4 heteroatoms. The Bertz CT molecular complexity index is 566. The van der Waals surface area contributed by atoms with Gasteiger partial charge in [-0.15, -0.1) is 11.3 Å². The molecule has 2 aromatic heterocycles. The van der Waals surface area contributed by atoms with E-state index < -0.39 is 0 Å². The summed E-state index contributed by atoms with van der Waals surface area (Å²) in [5.74, 6) is 0.279. The van der Waals surface area contributed by atoms with Gasteiger partial charge in [-0.2, -0.15) is 0 Å². The quantitative estimate of drug-likeness (QED) is 0.657. The molecule has 0 aliphatic carbocycles. The predicted octanol–water partition coefficient (Wildman–Crippen LogP) is 3.00. The summed E-state index contributed by atoms with van der Waals surface area (Å²) in [4.78, 5) is 7.52. The van der Waals surface area contributed by atoms with Crippen LogP contribution in [0.1, 0.15) is 0 Å². The zero-order chi connectivity index (χ0) is 10.3. The van der Waals surface area contributed by atoms with Crippen LogP contribution in [0.4, 0.5) is 0 Å². The zero-order valence-corrected chi connectivity index (χ0v) is 8.58. The summed E-state index contributed by atoms with van der Waals surface area (Å²) in [7, 11) is 0. The molecule has 1 aromatic carbocycles. The molecule has 0 aliphatic rings. The Kier molecular flexibility index (Phi) is 1.76. The highest BCUT2D eigenvalue weighted by molar-refractivity contribution is 7.21. The fourth-order valence-corrected chi connectivity index (χ4v) is 2.41. The van der Waals surface area contributed by atoms with E-state index in [0.717, 1.165) is 20.9 Å². The predicted molar refractivity (Wildman–Crippen MR) is 61.1 cm³/mol. The molecule has 0 atom stereocenters. The van der Waals surface area contributed by atoms with Crippen LogP contribution in [0.2, 0.25) is 0 Å².